The molecule has 1 aromatic carbocycles. The van der Waals surface area contributed by atoms with Crippen LogP contribution in [0.15, 0.2) is 24.3 Å². The van der Waals surface area contributed by atoms with Crippen molar-refractivity contribution in [2.45, 2.75) is 38.8 Å². The van der Waals surface area contributed by atoms with Crippen molar-refractivity contribution in [2.75, 3.05) is 13.1 Å². The Morgan fingerprint density at radius 3 is 2.70 bits per heavy atom. The second-order valence-corrected chi connectivity index (χ2v) is 5.58. The molecule has 0 aromatic heterocycles. The van der Waals surface area contributed by atoms with Crippen molar-refractivity contribution < 1.29 is 4.79 Å². The first kappa shape index (κ1) is 14.5. The Labute approximate surface area is 120 Å². The first-order valence-electron chi connectivity index (χ1n) is 7.15. The summed E-state index contributed by atoms with van der Waals surface area (Å²) in [6.07, 6.45) is 1.98. The van der Waals surface area contributed by atoms with Crippen molar-refractivity contribution in [3.05, 3.63) is 35.4 Å². The predicted octanol–water partition coefficient (Wildman–Crippen LogP) is 2.16. The van der Waals surface area contributed by atoms with Gasteiger partial charge in [-0.1, -0.05) is 19.9 Å². The Morgan fingerprint density at radius 1 is 1.40 bits per heavy atom. The molecule has 1 heterocycles. The molecule has 4 heteroatoms. The normalized spacial score (nSPS) is 16.2. The average Bonchev–Trinajstić information content (AvgIpc) is 2.47. The van der Waals surface area contributed by atoms with Crippen molar-refractivity contribution in [1.29, 1.82) is 5.26 Å². The number of benzene rings is 1. The maximum atomic E-state index is 12.4. The summed E-state index contributed by atoms with van der Waals surface area (Å²) in [6, 6.07) is 9.99. The monoisotopic (exact) mass is 271 g/mol. The van der Waals surface area contributed by atoms with Crippen LogP contribution in [0.5, 0.6) is 0 Å². The number of nitrogens with zero attached hydrogens (tertiary/aromatic N) is 2. The maximum absolute atomic E-state index is 12.4. The SMILES string of the molecule is CC(C)NC1CCN(C(=O)c2cccc(C#N)c2)CC1. The number of piperidine rings is 1. The summed E-state index contributed by atoms with van der Waals surface area (Å²) in [6.45, 7) is 5.84. The van der Waals surface area contributed by atoms with Crippen LogP contribution in [-0.2, 0) is 0 Å². The van der Waals surface area contributed by atoms with Crippen LogP contribution in [0.1, 0.15) is 42.6 Å². The van der Waals surface area contributed by atoms with E-state index in [0.29, 0.717) is 23.2 Å². The van der Waals surface area contributed by atoms with Gasteiger partial charge < -0.3 is 10.2 Å². The number of carbonyl (C=O) groups is 1. The van der Waals surface area contributed by atoms with Crippen LogP contribution in [-0.4, -0.2) is 36.0 Å². The zero-order valence-corrected chi connectivity index (χ0v) is 12.1. The number of hydrogen-bond donors (Lipinski definition) is 1. The minimum atomic E-state index is 0.0325. The number of carbonyl (C=O) groups excluding carboxylic acids is 1. The van der Waals surface area contributed by atoms with Gasteiger partial charge in [-0.15, -0.1) is 0 Å². The molecule has 2 rings (SSSR count). The van der Waals surface area contributed by atoms with Crippen LogP contribution in [0, 0.1) is 11.3 Å². The lowest BCUT2D eigenvalue weighted by Gasteiger charge is -2.33. The highest BCUT2D eigenvalue weighted by molar-refractivity contribution is 5.94. The lowest BCUT2D eigenvalue weighted by molar-refractivity contribution is 0.0703. The minimum absolute atomic E-state index is 0.0325. The number of likely N-dealkylation sites (tertiary alicyclic amines) is 1. The van der Waals surface area contributed by atoms with Crippen LogP contribution in [0.25, 0.3) is 0 Å². The van der Waals surface area contributed by atoms with Gasteiger partial charge >= 0.3 is 0 Å². The summed E-state index contributed by atoms with van der Waals surface area (Å²) in [5.41, 5.74) is 1.14. The Balaban J connectivity index is 1.96. The van der Waals surface area contributed by atoms with Crippen molar-refractivity contribution >= 4 is 5.91 Å². The van der Waals surface area contributed by atoms with Gasteiger partial charge in [-0.05, 0) is 31.0 Å². The van der Waals surface area contributed by atoms with Gasteiger partial charge in [-0.25, -0.2) is 0 Å². The second-order valence-electron chi connectivity index (χ2n) is 5.58. The highest BCUT2D eigenvalue weighted by atomic mass is 16.2. The van der Waals surface area contributed by atoms with Gasteiger partial charge in [-0.3, -0.25) is 4.79 Å². The molecule has 1 fully saturated rings. The van der Waals surface area contributed by atoms with E-state index in [2.05, 4.69) is 25.2 Å². The molecule has 0 saturated carbocycles. The van der Waals surface area contributed by atoms with Crippen LogP contribution in [0.4, 0.5) is 0 Å². The zero-order chi connectivity index (χ0) is 14.5. The van der Waals surface area contributed by atoms with E-state index >= 15 is 0 Å². The molecule has 1 amide bonds. The summed E-state index contributed by atoms with van der Waals surface area (Å²) in [5, 5.41) is 12.4. The minimum Gasteiger partial charge on any atom is -0.339 e. The lowest BCUT2D eigenvalue weighted by atomic mass is 10.0. The fourth-order valence-electron chi connectivity index (χ4n) is 2.62. The summed E-state index contributed by atoms with van der Waals surface area (Å²) in [7, 11) is 0. The maximum Gasteiger partial charge on any atom is 0.253 e. The zero-order valence-electron chi connectivity index (χ0n) is 12.1. The molecule has 0 atom stereocenters. The van der Waals surface area contributed by atoms with Gasteiger partial charge in [0.05, 0.1) is 11.6 Å². The molecule has 0 unspecified atom stereocenters. The molecule has 1 N–H and O–H groups in total. The number of nitrogens with one attached hydrogen (secondary N) is 1. The van der Waals surface area contributed by atoms with Gasteiger partial charge in [0, 0.05) is 30.7 Å². The molecule has 4 nitrogen and oxygen atoms in total. The Hall–Kier alpha value is -1.86. The summed E-state index contributed by atoms with van der Waals surface area (Å²) >= 11 is 0. The van der Waals surface area contributed by atoms with Crippen LogP contribution in [0.2, 0.25) is 0 Å². The molecule has 0 radical (unpaired) electrons. The van der Waals surface area contributed by atoms with Crippen LogP contribution < -0.4 is 5.32 Å². The molecule has 1 aliphatic heterocycles. The van der Waals surface area contributed by atoms with Gasteiger partial charge in [0.25, 0.3) is 5.91 Å². The number of hydrogen-bond acceptors (Lipinski definition) is 3. The summed E-state index contributed by atoms with van der Waals surface area (Å²) in [4.78, 5) is 14.3. The van der Waals surface area contributed by atoms with E-state index in [-0.39, 0.29) is 5.91 Å². The van der Waals surface area contributed by atoms with Crippen molar-refractivity contribution in [3.8, 4) is 6.07 Å². The molecule has 1 saturated heterocycles. The largest absolute Gasteiger partial charge is 0.339 e. The first-order chi connectivity index (χ1) is 9.60. The van der Waals surface area contributed by atoms with E-state index in [4.69, 9.17) is 5.26 Å². The fraction of sp³-hybridized carbons (Fsp3) is 0.500. The third kappa shape index (κ3) is 3.58. The third-order valence-corrected chi connectivity index (χ3v) is 3.59. The third-order valence-electron chi connectivity index (χ3n) is 3.59. The molecule has 1 aromatic rings. The molecular formula is C16H21N3O. The van der Waals surface area contributed by atoms with Crippen LogP contribution in [0.3, 0.4) is 0 Å². The predicted molar refractivity (Wildman–Crippen MR) is 78.4 cm³/mol. The average molecular weight is 271 g/mol. The molecule has 0 bridgehead atoms. The quantitative estimate of drug-likeness (QED) is 0.916. The molecular weight excluding hydrogens is 250 g/mol. The Morgan fingerprint density at radius 2 is 2.10 bits per heavy atom. The number of amides is 1. The van der Waals surface area contributed by atoms with Gasteiger partial charge in [0.2, 0.25) is 0 Å². The van der Waals surface area contributed by atoms with E-state index in [1.807, 2.05) is 4.90 Å². The van der Waals surface area contributed by atoms with Gasteiger partial charge in [-0.2, -0.15) is 5.26 Å². The molecule has 106 valence electrons. The Bertz CT molecular complexity index is 511. The lowest BCUT2D eigenvalue weighted by Crippen LogP contribution is -2.46. The standard InChI is InChI=1S/C16H21N3O/c1-12(2)18-15-6-8-19(9-7-15)16(20)14-5-3-4-13(10-14)11-17/h3-5,10,12,15,18H,6-9H2,1-2H3. The van der Waals surface area contributed by atoms with Crippen molar-refractivity contribution in [3.63, 3.8) is 0 Å². The number of nitriles is 1. The first-order valence-corrected chi connectivity index (χ1v) is 7.15. The van der Waals surface area contributed by atoms with Gasteiger partial charge in [0.1, 0.15) is 0 Å². The molecule has 20 heavy (non-hydrogen) atoms. The van der Waals surface area contributed by atoms with Gasteiger partial charge in [0.15, 0.2) is 0 Å². The molecule has 0 spiro atoms. The van der Waals surface area contributed by atoms with E-state index in [1.165, 1.54) is 0 Å². The fourth-order valence-corrected chi connectivity index (χ4v) is 2.62. The smallest absolute Gasteiger partial charge is 0.253 e. The van der Waals surface area contributed by atoms with E-state index in [1.54, 1.807) is 24.3 Å². The van der Waals surface area contributed by atoms with Crippen LogP contribution >= 0.6 is 0 Å². The molecule has 0 aliphatic carbocycles. The number of rotatable bonds is 3. The van der Waals surface area contributed by atoms with Crippen molar-refractivity contribution in [1.82, 2.24) is 10.2 Å². The van der Waals surface area contributed by atoms with Crippen molar-refractivity contribution in [2.24, 2.45) is 0 Å². The highest BCUT2D eigenvalue weighted by Gasteiger charge is 2.23. The summed E-state index contributed by atoms with van der Waals surface area (Å²) < 4.78 is 0. The highest BCUT2D eigenvalue weighted by Crippen LogP contribution is 2.15. The second kappa shape index (κ2) is 6.53. The van der Waals surface area contributed by atoms with E-state index < -0.39 is 0 Å². The van der Waals surface area contributed by atoms with E-state index in [9.17, 15) is 4.79 Å². The molecule has 1 aliphatic rings. The summed E-state index contributed by atoms with van der Waals surface area (Å²) in [5.74, 6) is 0.0325. The Kier molecular flexibility index (Phi) is 4.75. The van der Waals surface area contributed by atoms with E-state index in [0.717, 1.165) is 25.9 Å². The topological polar surface area (TPSA) is 56.1 Å².